The minimum absolute atomic E-state index is 0.189. The molecule has 0 unspecified atom stereocenters. The van der Waals surface area contributed by atoms with Crippen molar-refractivity contribution in [3.8, 4) is 0 Å². The molecule has 0 heterocycles. The Morgan fingerprint density at radius 1 is 1.25 bits per heavy atom. The van der Waals surface area contributed by atoms with E-state index in [-0.39, 0.29) is 6.10 Å². The third kappa shape index (κ3) is 3.05. The molecule has 12 heavy (non-hydrogen) atoms. The molecule has 0 bridgehead atoms. The Morgan fingerprint density at radius 2 is 1.83 bits per heavy atom. The molecule has 0 aliphatic rings. The first kappa shape index (κ1) is 9.27. The van der Waals surface area contributed by atoms with Gasteiger partial charge < -0.3 is 5.11 Å². The van der Waals surface area contributed by atoms with Crippen LogP contribution >= 0.6 is 0 Å². The van der Waals surface area contributed by atoms with E-state index in [1.807, 2.05) is 6.92 Å². The first-order chi connectivity index (χ1) is 5.68. The molecule has 0 aliphatic carbocycles. The highest BCUT2D eigenvalue weighted by Gasteiger charge is 1.96. The number of aliphatic hydroxyl groups excluding tert-OH is 1. The van der Waals surface area contributed by atoms with Crippen molar-refractivity contribution in [2.24, 2.45) is 0 Å². The molecular formula is C11H16O. The summed E-state index contributed by atoms with van der Waals surface area (Å²) in [6, 6.07) is 8.46. The van der Waals surface area contributed by atoms with Gasteiger partial charge in [0.25, 0.3) is 0 Å². The predicted octanol–water partition coefficient (Wildman–Crippen LogP) is 2.31. The lowest BCUT2D eigenvalue weighted by Crippen LogP contribution is -2.01. The molecule has 1 aromatic rings. The average Bonchev–Trinajstić information content (AvgIpc) is 2.03. The largest absolute Gasteiger partial charge is 0.393 e. The second-order valence-corrected chi connectivity index (χ2v) is 3.37. The van der Waals surface area contributed by atoms with Gasteiger partial charge in [-0.2, -0.15) is 0 Å². The molecule has 0 amide bonds. The van der Waals surface area contributed by atoms with Crippen LogP contribution in [0.3, 0.4) is 0 Å². The quantitative estimate of drug-likeness (QED) is 0.726. The smallest absolute Gasteiger partial charge is 0.0515 e. The SMILES string of the molecule is Cc1ccc(CC[C@@H](C)O)cc1. The summed E-state index contributed by atoms with van der Waals surface area (Å²) >= 11 is 0. The topological polar surface area (TPSA) is 20.2 Å². The van der Waals surface area contributed by atoms with E-state index in [0.29, 0.717) is 0 Å². The van der Waals surface area contributed by atoms with Crippen molar-refractivity contribution in [2.45, 2.75) is 32.8 Å². The molecule has 1 N–H and O–H groups in total. The van der Waals surface area contributed by atoms with Crippen LogP contribution < -0.4 is 0 Å². The van der Waals surface area contributed by atoms with Gasteiger partial charge in [0.15, 0.2) is 0 Å². The maximum atomic E-state index is 9.07. The standard InChI is InChI=1S/C11H16O/c1-9-3-6-11(7-4-9)8-5-10(2)12/h3-4,6-7,10,12H,5,8H2,1-2H3/t10-/m1/s1. The fourth-order valence-corrected chi connectivity index (χ4v) is 1.13. The zero-order chi connectivity index (χ0) is 8.97. The van der Waals surface area contributed by atoms with Crippen LogP contribution in [0.4, 0.5) is 0 Å². The number of rotatable bonds is 3. The van der Waals surface area contributed by atoms with Crippen molar-refractivity contribution < 1.29 is 5.11 Å². The van der Waals surface area contributed by atoms with E-state index in [1.165, 1.54) is 11.1 Å². The highest BCUT2D eigenvalue weighted by molar-refractivity contribution is 5.21. The van der Waals surface area contributed by atoms with Crippen molar-refractivity contribution in [1.29, 1.82) is 0 Å². The van der Waals surface area contributed by atoms with Gasteiger partial charge in [0.2, 0.25) is 0 Å². The number of aryl methyl sites for hydroxylation is 2. The molecule has 1 nitrogen and oxygen atoms in total. The normalized spacial score (nSPS) is 12.9. The molecule has 0 aromatic heterocycles. The van der Waals surface area contributed by atoms with Crippen molar-refractivity contribution >= 4 is 0 Å². The number of benzene rings is 1. The molecule has 1 heteroatoms. The molecule has 0 spiro atoms. The van der Waals surface area contributed by atoms with Gasteiger partial charge >= 0.3 is 0 Å². The minimum Gasteiger partial charge on any atom is -0.393 e. The highest BCUT2D eigenvalue weighted by atomic mass is 16.3. The summed E-state index contributed by atoms with van der Waals surface area (Å²) in [6.07, 6.45) is 1.63. The van der Waals surface area contributed by atoms with Crippen molar-refractivity contribution in [3.05, 3.63) is 35.4 Å². The zero-order valence-electron chi connectivity index (χ0n) is 7.75. The summed E-state index contributed by atoms with van der Waals surface area (Å²) in [5.41, 5.74) is 2.59. The van der Waals surface area contributed by atoms with Crippen LogP contribution in [-0.4, -0.2) is 11.2 Å². The van der Waals surface area contributed by atoms with Gasteiger partial charge in [-0.05, 0) is 32.3 Å². The fraction of sp³-hybridized carbons (Fsp3) is 0.455. The lowest BCUT2D eigenvalue weighted by molar-refractivity contribution is 0.185. The summed E-state index contributed by atoms with van der Waals surface area (Å²) in [5, 5.41) is 9.07. The van der Waals surface area contributed by atoms with Crippen LogP contribution in [-0.2, 0) is 6.42 Å². The fourth-order valence-electron chi connectivity index (χ4n) is 1.13. The van der Waals surface area contributed by atoms with E-state index in [2.05, 4.69) is 31.2 Å². The summed E-state index contributed by atoms with van der Waals surface area (Å²) in [6.45, 7) is 3.91. The Labute approximate surface area is 74.1 Å². The van der Waals surface area contributed by atoms with Gasteiger partial charge in [0.05, 0.1) is 6.10 Å². The van der Waals surface area contributed by atoms with Crippen LogP contribution in [0, 0.1) is 6.92 Å². The van der Waals surface area contributed by atoms with E-state index in [4.69, 9.17) is 5.11 Å². The molecule has 1 atom stereocenters. The number of hydrogen-bond donors (Lipinski definition) is 1. The highest BCUT2D eigenvalue weighted by Crippen LogP contribution is 2.06. The Morgan fingerprint density at radius 3 is 2.33 bits per heavy atom. The van der Waals surface area contributed by atoms with Gasteiger partial charge in [-0.25, -0.2) is 0 Å². The Bertz CT molecular complexity index is 223. The van der Waals surface area contributed by atoms with Crippen LogP contribution in [0.1, 0.15) is 24.5 Å². The van der Waals surface area contributed by atoms with Crippen molar-refractivity contribution in [2.75, 3.05) is 0 Å². The van der Waals surface area contributed by atoms with E-state index >= 15 is 0 Å². The second kappa shape index (κ2) is 4.27. The van der Waals surface area contributed by atoms with E-state index in [1.54, 1.807) is 0 Å². The number of hydrogen-bond acceptors (Lipinski definition) is 1. The Balaban J connectivity index is 2.48. The maximum absolute atomic E-state index is 9.07. The molecular weight excluding hydrogens is 148 g/mol. The van der Waals surface area contributed by atoms with Crippen molar-refractivity contribution in [3.63, 3.8) is 0 Å². The number of aliphatic hydroxyl groups is 1. The first-order valence-electron chi connectivity index (χ1n) is 4.42. The molecule has 1 aromatic carbocycles. The minimum atomic E-state index is -0.189. The molecule has 0 aliphatic heterocycles. The van der Waals surface area contributed by atoms with Crippen LogP contribution in [0.15, 0.2) is 24.3 Å². The summed E-state index contributed by atoms with van der Waals surface area (Å²) in [4.78, 5) is 0. The maximum Gasteiger partial charge on any atom is 0.0515 e. The van der Waals surface area contributed by atoms with Crippen LogP contribution in [0.2, 0.25) is 0 Å². The summed E-state index contributed by atoms with van der Waals surface area (Å²) in [7, 11) is 0. The van der Waals surface area contributed by atoms with Crippen LogP contribution in [0.5, 0.6) is 0 Å². The third-order valence-electron chi connectivity index (χ3n) is 1.97. The molecule has 66 valence electrons. The third-order valence-corrected chi connectivity index (χ3v) is 1.97. The lowest BCUT2D eigenvalue weighted by Gasteiger charge is -2.03. The average molecular weight is 164 g/mol. The van der Waals surface area contributed by atoms with Gasteiger partial charge in [-0.3, -0.25) is 0 Å². The lowest BCUT2D eigenvalue weighted by atomic mass is 10.1. The summed E-state index contributed by atoms with van der Waals surface area (Å²) in [5.74, 6) is 0. The van der Waals surface area contributed by atoms with E-state index < -0.39 is 0 Å². The summed E-state index contributed by atoms with van der Waals surface area (Å²) < 4.78 is 0. The van der Waals surface area contributed by atoms with Crippen molar-refractivity contribution in [1.82, 2.24) is 0 Å². The molecule has 1 rings (SSSR count). The molecule has 0 saturated carbocycles. The second-order valence-electron chi connectivity index (χ2n) is 3.37. The van der Waals surface area contributed by atoms with Gasteiger partial charge in [0, 0.05) is 0 Å². The van der Waals surface area contributed by atoms with Gasteiger partial charge in [0.1, 0.15) is 0 Å². The molecule has 0 radical (unpaired) electrons. The Kier molecular flexibility index (Phi) is 3.30. The molecule has 0 saturated heterocycles. The zero-order valence-corrected chi connectivity index (χ0v) is 7.75. The molecule has 0 fully saturated rings. The van der Waals surface area contributed by atoms with E-state index in [0.717, 1.165) is 12.8 Å². The monoisotopic (exact) mass is 164 g/mol. The van der Waals surface area contributed by atoms with Crippen LogP contribution in [0.25, 0.3) is 0 Å². The Hall–Kier alpha value is -0.820. The first-order valence-corrected chi connectivity index (χ1v) is 4.42. The van der Waals surface area contributed by atoms with E-state index in [9.17, 15) is 0 Å². The van der Waals surface area contributed by atoms with Gasteiger partial charge in [-0.15, -0.1) is 0 Å². The predicted molar refractivity (Wildman–Crippen MR) is 51.2 cm³/mol. The van der Waals surface area contributed by atoms with Gasteiger partial charge in [-0.1, -0.05) is 29.8 Å².